The molecule has 2 heterocycles. The van der Waals surface area contributed by atoms with Crippen LogP contribution in [0.15, 0.2) is 48.8 Å². The Morgan fingerprint density at radius 2 is 2.16 bits per heavy atom. The summed E-state index contributed by atoms with van der Waals surface area (Å²) >= 11 is 0. The number of fused-ring (bicyclic) bond motifs is 1. The van der Waals surface area contributed by atoms with E-state index in [0.29, 0.717) is 18.5 Å². The number of nitrogens with one attached hydrogen (secondary N) is 2. The molecule has 0 saturated heterocycles. The molecule has 4 rings (SSSR count). The fourth-order valence-corrected chi connectivity index (χ4v) is 3.09. The van der Waals surface area contributed by atoms with E-state index in [9.17, 15) is 4.79 Å². The summed E-state index contributed by atoms with van der Waals surface area (Å²) in [5.41, 5.74) is 1.99. The quantitative estimate of drug-likeness (QED) is 0.746. The summed E-state index contributed by atoms with van der Waals surface area (Å²) in [6.45, 7) is 2.61. The second-order valence-electron chi connectivity index (χ2n) is 6.58. The smallest absolute Gasteiger partial charge is 0.320 e. The van der Waals surface area contributed by atoms with Crippen LogP contribution in [0.5, 0.6) is 0 Å². The maximum atomic E-state index is 12.2. The zero-order valence-corrected chi connectivity index (χ0v) is 14.1. The first kappa shape index (κ1) is 15.6. The van der Waals surface area contributed by atoms with Crippen molar-refractivity contribution in [2.24, 2.45) is 5.92 Å². The normalized spacial score (nSPS) is 15.1. The molecule has 0 bridgehead atoms. The highest BCUT2D eigenvalue weighted by atomic mass is 16.2. The minimum absolute atomic E-state index is 0.226. The number of carbonyl (C=O) groups is 1. The number of carbonyl (C=O) groups excluding carboxylic acids is 1. The van der Waals surface area contributed by atoms with Gasteiger partial charge in [-0.2, -0.15) is 5.10 Å². The highest BCUT2D eigenvalue weighted by molar-refractivity contribution is 5.88. The van der Waals surface area contributed by atoms with Crippen molar-refractivity contribution in [2.75, 3.05) is 5.32 Å². The Kier molecular flexibility index (Phi) is 4.09. The minimum atomic E-state index is -0.226. The molecular formula is C19H21N5O. The van der Waals surface area contributed by atoms with E-state index in [0.717, 1.165) is 22.3 Å². The summed E-state index contributed by atoms with van der Waals surface area (Å²) in [6.07, 6.45) is 5.98. The number of hydrogen-bond donors (Lipinski definition) is 2. The number of nitrogens with zero attached hydrogens (tertiary/aromatic N) is 3. The molecule has 128 valence electrons. The molecule has 0 radical (unpaired) electrons. The lowest BCUT2D eigenvalue weighted by atomic mass is 10.1. The van der Waals surface area contributed by atoms with E-state index in [4.69, 9.17) is 0 Å². The van der Waals surface area contributed by atoms with Gasteiger partial charge in [-0.1, -0.05) is 12.1 Å². The van der Waals surface area contributed by atoms with Crippen molar-refractivity contribution in [3.05, 3.63) is 54.4 Å². The topological polar surface area (TPSA) is 71.8 Å². The number of pyridine rings is 1. The number of hydrogen-bond acceptors (Lipinski definition) is 3. The van der Waals surface area contributed by atoms with E-state index < -0.39 is 0 Å². The van der Waals surface area contributed by atoms with E-state index >= 15 is 0 Å². The third-order valence-electron chi connectivity index (χ3n) is 4.72. The van der Waals surface area contributed by atoms with E-state index in [-0.39, 0.29) is 6.03 Å². The Morgan fingerprint density at radius 3 is 3.00 bits per heavy atom. The molecule has 0 aliphatic heterocycles. The Morgan fingerprint density at radius 1 is 1.28 bits per heavy atom. The third-order valence-corrected chi connectivity index (χ3v) is 4.72. The van der Waals surface area contributed by atoms with Gasteiger partial charge in [0.05, 0.1) is 17.8 Å². The SMILES string of the molecule is CC(C1CC1)n1nccc1NC(=O)NCc1ccc2ncccc2c1. The van der Waals surface area contributed by atoms with Gasteiger partial charge >= 0.3 is 6.03 Å². The van der Waals surface area contributed by atoms with Gasteiger partial charge in [-0.3, -0.25) is 10.3 Å². The molecule has 1 atom stereocenters. The first-order valence-corrected chi connectivity index (χ1v) is 8.63. The fourth-order valence-electron chi connectivity index (χ4n) is 3.09. The molecule has 1 unspecified atom stereocenters. The van der Waals surface area contributed by atoms with E-state index in [1.807, 2.05) is 41.1 Å². The Bertz CT molecular complexity index is 899. The highest BCUT2D eigenvalue weighted by Crippen LogP contribution is 2.40. The molecule has 3 aromatic rings. The molecule has 25 heavy (non-hydrogen) atoms. The Labute approximate surface area is 146 Å². The standard InChI is InChI=1S/C19H21N5O/c1-13(15-5-6-15)24-18(8-10-22-24)23-19(25)21-12-14-4-7-17-16(11-14)3-2-9-20-17/h2-4,7-11,13,15H,5-6,12H2,1H3,(H2,21,23,25). The molecule has 6 heteroatoms. The van der Waals surface area contributed by atoms with E-state index in [1.165, 1.54) is 12.8 Å². The molecule has 1 fully saturated rings. The van der Waals surface area contributed by atoms with Gasteiger partial charge in [0.25, 0.3) is 0 Å². The predicted molar refractivity (Wildman–Crippen MR) is 97.3 cm³/mol. The number of amides is 2. The van der Waals surface area contributed by atoms with Gasteiger partial charge in [0.1, 0.15) is 5.82 Å². The van der Waals surface area contributed by atoms with Crippen LogP contribution in [-0.4, -0.2) is 20.8 Å². The van der Waals surface area contributed by atoms with Gasteiger partial charge < -0.3 is 5.32 Å². The van der Waals surface area contributed by atoms with E-state index in [2.05, 4.69) is 27.6 Å². The number of rotatable bonds is 5. The highest BCUT2D eigenvalue weighted by Gasteiger charge is 2.30. The van der Waals surface area contributed by atoms with Crippen molar-refractivity contribution >= 4 is 22.8 Å². The summed E-state index contributed by atoms with van der Waals surface area (Å²) in [7, 11) is 0. The fraction of sp³-hybridized carbons (Fsp3) is 0.316. The third kappa shape index (κ3) is 3.47. The van der Waals surface area contributed by atoms with Gasteiger partial charge in [-0.15, -0.1) is 0 Å². The van der Waals surface area contributed by atoms with Crippen LogP contribution in [0.3, 0.4) is 0 Å². The van der Waals surface area contributed by atoms with Gasteiger partial charge in [0.15, 0.2) is 0 Å². The van der Waals surface area contributed by atoms with Crippen molar-refractivity contribution in [3.8, 4) is 0 Å². The van der Waals surface area contributed by atoms with E-state index in [1.54, 1.807) is 12.4 Å². The summed E-state index contributed by atoms with van der Waals surface area (Å²) in [6, 6.07) is 11.8. The minimum Gasteiger partial charge on any atom is -0.334 e. The van der Waals surface area contributed by atoms with Crippen LogP contribution in [0.1, 0.15) is 31.4 Å². The van der Waals surface area contributed by atoms with Crippen LogP contribution in [0.4, 0.5) is 10.6 Å². The number of anilines is 1. The average Bonchev–Trinajstić information content (AvgIpc) is 3.39. The van der Waals surface area contributed by atoms with Crippen molar-refractivity contribution in [2.45, 2.75) is 32.4 Å². The Balaban J connectivity index is 1.38. The van der Waals surface area contributed by atoms with Gasteiger partial charge in [-0.25, -0.2) is 9.48 Å². The monoisotopic (exact) mass is 335 g/mol. The summed E-state index contributed by atoms with van der Waals surface area (Å²) in [5, 5.41) is 11.2. The maximum absolute atomic E-state index is 12.2. The van der Waals surface area contributed by atoms with Crippen LogP contribution in [-0.2, 0) is 6.54 Å². The zero-order chi connectivity index (χ0) is 17.2. The second kappa shape index (κ2) is 6.55. The predicted octanol–water partition coefficient (Wildman–Crippen LogP) is 3.72. The molecule has 6 nitrogen and oxygen atoms in total. The number of benzene rings is 1. The number of urea groups is 1. The molecule has 1 aliphatic rings. The van der Waals surface area contributed by atoms with Gasteiger partial charge in [0.2, 0.25) is 0 Å². The first-order chi connectivity index (χ1) is 12.2. The molecule has 1 aliphatic carbocycles. The van der Waals surface area contributed by atoms with Crippen LogP contribution >= 0.6 is 0 Å². The summed E-state index contributed by atoms with van der Waals surface area (Å²) in [4.78, 5) is 16.5. The van der Waals surface area contributed by atoms with Gasteiger partial charge in [0, 0.05) is 24.2 Å². The number of aromatic nitrogens is 3. The summed E-state index contributed by atoms with van der Waals surface area (Å²) < 4.78 is 1.90. The van der Waals surface area contributed by atoms with Crippen molar-refractivity contribution in [1.29, 1.82) is 0 Å². The molecule has 2 aromatic heterocycles. The molecule has 2 N–H and O–H groups in total. The Hall–Kier alpha value is -2.89. The second-order valence-corrected chi connectivity index (χ2v) is 6.58. The summed E-state index contributed by atoms with van der Waals surface area (Å²) in [5.74, 6) is 1.41. The largest absolute Gasteiger partial charge is 0.334 e. The average molecular weight is 335 g/mol. The lowest BCUT2D eigenvalue weighted by Gasteiger charge is -2.15. The van der Waals surface area contributed by atoms with Crippen LogP contribution in [0, 0.1) is 5.92 Å². The first-order valence-electron chi connectivity index (χ1n) is 8.63. The van der Waals surface area contributed by atoms with Crippen molar-refractivity contribution in [3.63, 3.8) is 0 Å². The van der Waals surface area contributed by atoms with Crippen LogP contribution < -0.4 is 10.6 Å². The molecule has 0 spiro atoms. The van der Waals surface area contributed by atoms with Crippen molar-refractivity contribution < 1.29 is 4.79 Å². The molecular weight excluding hydrogens is 314 g/mol. The van der Waals surface area contributed by atoms with Crippen LogP contribution in [0.25, 0.3) is 10.9 Å². The van der Waals surface area contributed by atoms with Crippen LogP contribution in [0.2, 0.25) is 0 Å². The lowest BCUT2D eigenvalue weighted by molar-refractivity contribution is 0.251. The van der Waals surface area contributed by atoms with Crippen molar-refractivity contribution in [1.82, 2.24) is 20.1 Å². The molecule has 2 amide bonds. The molecule has 1 saturated carbocycles. The molecule has 1 aromatic carbocycles. The zero-order valence-electron chi connectivity index (χ0n) is 14.1. The lowest BCUT2D eigenvalue weighted by Crippen LogP contribution is -2.29. The van der Waals surface area contributed by atoms with Gasteiger partial charge in [-0.05, 0) is 49.4 Å². The maximum Gasteiger partial charge on any atom is 0.320 e.